The number of fused-ring (bicyclic) bond motifs is 2. The molecule has 6 rings (SSSR count). The molecule has 0 aliphatic heterocycles. The van der Waals surface area contributed by atoms with Gasteiger partial charge < -0.3 is 71.3 Å². The predicted octanol–water partition coefficient (Wildman–Crippen LogP) is 11.0. The summed E-state index contributed by atoms with van der Waals surface area (Å²) in [5.74, 6) is 4.48. The van der Waals surface area contributed by atoms with E-state index < -0.39 is 0 Å². The van der Waals surface area contributed by atoms with Gasteiger partial charge in [0.2, 0.25) is 11.9 Å². The molecule has 2 heterocycles. The van der Waals surface area contributed by atoms with Crippen molar-refractivity contribution in [3.63, 3.8) is 0 Å². The van der Waals surface area contributed by atoms with E-state index in [1.165, 1.54) is 64.2 Å². The summed E-state index contributed by atoms with van der Waals surface area (Å²) in [4.78, 5) is 52.9. The molecule has 0 unspecified atom stereocenters. The third-order valence-corrected chi connectivity index (χ3v) is 16.7. The quantitative estimate of drug-likeness (QED) is 0.0195. The number of benzene rings is 4. The minimum absolute atomic E-state index is 0.0681. The third-order valence-electron chi connectivity index (χ3n) is 16.7. The summed E-state index contributed by atoms with van der Waals surface area (Å²) in [7, 11) is 14.1. The highest BCUT2D eigenvalue weighted by molar-refractivity contribution is 5.95. The molecule has 20 nitrogen and oxygen atoms in total. The summed E-state index contributed by atoms with van der Waals surface area (Å²) < 4.78 is 21.7. The highest BCUT2D eigenvalue weighted by Crippen LogP contribution is 2.35. The number of anilines is 4. The molecule has 4 aromatic carbocycles. The molecular formula is C70H108N14O6. The van der Waals surface area contributed by atoms with Crippen LogP contribution in [0.2, 0.25) is 0 Å². The van der Waals surface area contributed by atoms with Crippen molar-refractivity contribution in [2.75, 3.05) is 143 Å². The van der Waals surface area contributed by atoms with Crippen molar-refractivity contribution in [1.29, 1.82) is 0 Å². The number of aromatic nitrogens is 4. The molecule has 0 radical (unpaired) electrons. The smallest absolute Gasteiger partial charge is 0.253 e. The molecule has 0 atom stereocenters. The van der Waals surface area contributed by atoms with E-state index in [1.54, 1.807) is 28.4 Å². The Hall–Kier alpha value is -7.26. The van der Waals surface area contributed by atoms with Gasteiger partial charge in [0.1, 0.15) is 11.6 Å². The van der Waals surface area contributed by atoms with E-state index in [-0.39, 0.29) is 11.8 Å². The number of nitrogen functional groups attached to an aromatic ring is 2. The number of nitrogens with zero attached hydrogens (tertiary/aromatic N) is 8. The Bertz CT molecular complexity index is 2870. The van der Waals surface area contributed by atoms with Crippen molar-refractivity contribution >= 4 is 57.2 Å². The van der Waals surface area contributed by atoms with E-state index in [4.69, 9.17) is 40.4 Å². The fourth-order valence-corrected chi connectivity index (χ4v) is 11.1. The average molecular weight is 1240 g/mol. The maximum absolute atomic E-state index is 13.3. The lowest BCUT2D eigenvalue weighted by atomic mass is 10.1. The number of hydrogen-bond acceptors (Lipinski definition) is 18. The standard InChI is InChI=1S/C70H108N14O6/c1-81(41-25-15-17-27-43-83(3)69-77-59-49-63(89-7)61(87-5)47-57(59)65(71)79-69)67(85)55-33-29-31-53(45-55)51-75-39-23-13-11-21-37-73-35-19-9-10-20-36-74-38-22-12-14-24-40-76-52-54-32-30-34-56(46-54)68(86)82(2)42-26-16-18-28-44-84(4)70-78-60-50-64(90-8)62(88-6)48-58(60)66(72)80-70/h29-34,45-50,73-76H,9-28,35-44,51-52H2,1-8H3,(H2,71,77,79)(H2,72,78,80). The SMILES string of the molecule is COc1cc2nc(N(C)CCCCCCN(C)C(=O)c3cccc(CNCCCCCCNCCCCCCNCCCCCCNCc4cccc(C(=O)N(C)CCCCCCN(C)c5nc(N)c6cc(OC)c(OC)cc6n5)c4)c3)nc(N)c2cc1OC. The van der Waals surface area contributed by atoms with Gasteiger partial charge in [-0.25, -0.2) is 9.97 Å². The predicted molar refractivity (Wildman–Crippen MR) is 369 cm³/mol. The van der Waals surface area contributed by atoms with Gasteiger partial charge in [0, 0.05) is 101 Å². The van der Waals surface area contributed by atoms with Crippen LogP contribution in [-0.4, -0.2) is 164 Å². The molecule has 0 saturated heterocycles. The van der Waals surface area contributed by atoms with Crippen LogP contribution < -0.4 is 61.5 Å². The lowest BCUT2D eigenvalue weighted by Crippen LogP contribution is -2.28. The number of nitrogens with two attached hydrogens (primary N) is 2. The second kappa shape index (κ2) is 40.5. The lowest BCUT2D eigenvalue weighted by Gasteiger charge is -2.19. The Morgan fingerprint density at radius 2 is 0.700 bits per heavy atom. The highest BCUT2D eigenvalue weighted by atomic mass is 16.5. The maximum Gasteiger partial charge on any atom is 0.253 e. The van der Waals surface area contributed by atoms with Gasteiger partial charge in [0.05, 0.1) is 39.5 Å². The van der Waals surface area contributed by atoms with E-state index in [0.717, 1.165) is 176 Å². The number of carbonyl (C=O) groups excluding carboxylic acids is 2. The molecule has 0 fully saturated rings. The Morgan fingerprint density at radius 3 is 1.04 bits per heavy atom. The van der Waals surface area contributed by atoms with Crippen molar-refractivity contribution in [3.8, 4) is 23.0 Å². The third kappa shape index (κ3) is 24.2. The first kappa shape index (κ1) is 71.8. The molecule has 0 bridgehead atoms. The number of rotatable bonds is 47. The molecule has 2 amide bonds. The number of carbonyl (C=O) groups is 2. The lowest BCUT2D eigenvalue weighted by molar-refractivity contribution is 0.0785. The van der Waals surface area contributed by atoms with Gasteiger partial charge in [-0.05, 0) is 151 Å². The second-order valence-electron chi connectivity index (χ2n) is 23.9. The Labute approximate surface area is 537 Å². The Kier molecular flexibility index (Phi) is 32.3. The fourth-order valence-electron chi connectivity index (χ4n) is 11.1. The Morgan fingerprint density at radius 1 is 0.389 bits per heavy atom. The molecule has 494 valence electrons. The zero-order valence-corrected chi connectivity index (χ0v) is 55.7. The fraction of sp³-hybridized carbons (Fsp3) is 0.571. The topological polar surface area (TPSA) is 236 Å². The molecular weight excluding hydrogens is 1130 g/mol. The van der Waals surface area contributed by atoms with E-state index in [9.17, 15) is 9.59 Å². The summed E-state index contributed by atoms with van der Waals surface area (Å²) in [6.45, 7) is 10.9. The van der Waals surface area contributed by atoms with E-state index in [0.29, 0.717) is 57.6 Å². The molecule has 0 saturated carbocycles. The second-order valence-corrected chi connectivity index (χ2v) is 23.9. The minimum atomic E-state index is 0.0681. The summed E-state index contributed by atoms with van der Waals surface area (Å²) >= 11 is 0. The molecule has 0 spiro atoms. The van der Waals surface area contributed by atoms with Crippen molar-refractivity contribution in [3.05, 3.63) is 95.1 Å². The van der Waals surface area contributed by atoms with Gasteiger partial charge in [-0.3, -0.25) is 9.59 Å². The van der Waals surface area contributed by atoms with Crippen LogP contribution in [-0.2, 0) is 13.1 Å². The summed E-state index contributed by atoms with van der Waals surface area (Å²) in [5.41, 5.74) is 17.8. The van der Waals surface area contributed by atoms with Gasteiger partial charge in [-0.15, -0.1) is 0 Å². The van der Waals surface area contributed by atoms with Gasteiger partial charge >= 0.3 is 0 Å². The number of unbranched alkanes of at least 4 members (excludes halogenated alkanes) is 15. The number of nitrogens with one attached hydrogen (secondary N) is 4. The molecule has 0 aliphatic carbocycles. The normalized spacial score (nSPS) is 11.3. The first-order valence-corrected chi connectivity index (χ1v) is 33.2. The van der Waals surface area contributed by atoms with Crippen LogP contribution in [0.3, 0.4) is 0 Å². The zero-order chi connectivity index (χ0) is 64.3. The molecule has 20 heteroatoms. The van der Waals surface area contributed by atoms with Crippen molar-refractivity contribution in [2.45, 2.75) is 142 Å². The molecule has 6 aromatic rings. The maximum atomic E-state index is 13.3. The van der Waals surface area contributed by atoms with E-state index in [1.807, 2.05) is 108 Å². The Balaban J connectivity index is 0.668. The van der Waals surface area contributed by atoms with Gasteiger partial charge in [0.25, 0.3) is 11.8 Å². The number of hydrogen-bond donors (Lipinski definition) is 6. The van der Waals surface area contributed by atoms with Crippen LogP contribution in [0.15, 0.2) is 72.8 Å². The van der Waals surface area contributed by atoms with E-state index in [2.05, 4.69) is 43.4 Å². The number of methoxy groups -OCH3 is 4. The van der Waals surface area contributed by atoms with Gasteiger partial charge in [0.15, 0.2) is 23.0 Å². The molecule has 8 N–H and O–H groups in total. The van der Waals surface area contributed by atoms with Crippen LogP contribution in [0.25, 0.3) is 21.8 Å². The summed E-state index contributed by atoms with van der Waals surface area (Å²) in [6.07, 6.45) is 22.7. The van der Waals surface area contributed by atoms with Crippen LogP contribution in [0.1, 0.15) is 160 Å². The first-order chi connectivity index (χ1) is 43.8. The number of amides is 2. The van der Waals surface area contributed by atoms with Crippen molar-refractivity contribution in [2.24, 2.45) is 0 Å². The van der Waals surface area contributed by atoms with Gasteiger partial charge in [-0.2, -0.15) is 9.97 Å². The average Bonchev–Trinajstić information content (AvgIpc) is 1.55. The van der Waals surface area contributed by atoms with Crippen LogP contribution in [0, 0.1) is 0 Å². The zero-order valence-electron chi connectivity index (χ0n) is 55.7. The van der Waals surface area contributed by atoms with Crippen molar-refractivity contribution < 1.29 is 28.5 Å². The summed E-state index contributed by atoms with van der Waals surface area (Å²) in [6, 6.07) is 23.4. The van der Waals surface area contributed by atoms with E-state index >= 15 is 0 Å². The molecule has 90 heavy (non-hydrogen) atoms. The largest absolute Gasteiger partial charge is 0.493 e. The van der Waals surface area contributed by atoms with Crippen LogP contribution >= 0.6 is 0 Å². The van der Waals surface area contributed by atoms with Gasteiger partial charge in [-0.1, -0.05) is 88.5 Å². The first-order valence-electron chi connectivity index (χ1n) is 33.2. The highest BCUT2D eigenvalue weighted by Gasteiger charge is 2.18. The molecule has 0 aliphatic rings. The van der Waals surface area contributed by atoms with Crippen molar-refractivity contribution in [1.82, 2.24) is 51.0 Å². The van der Waals surface area contributed by atoms with Crippen LogP contribution in [0.4, 0.5) is 23.5 Å². The molecule has 2 aromatic heterocycles. The summed E-state index contributed by atoms with van der Waals surface area (Å²) in [5, 5.41) is 15.9. The monoisotopic (exact) mass is 1240 g/mol. The number of ether oxygens (including phenoxy) is 4. The minimum Gasteiger partial charge on any atom is -0.493 e. The van der Waals surface area contributed by atoms with Crippen LogP contribution in [0.5, 0.6) is 23.0 Å².